The lowest BCUT2D eigenvalue weighted by Gasteiger charge is -2.10. The number of nitrogens with zero attached hydrogens (tertiary/aromatic N) is 2. The molecule has 0 aliphatic carbocycles. The Balaban J connectivity index is 1.89. The van der Waals surface area contributed by atoms with Crippen LogP contribution in [0.2, 0.25) is 0 Å². The maximum Gasteiger partial charge on any atom is 0.357 e. The molecule has 0 aliphatic heterocycles. The average Bonchev–Trinajstić information content (AvgIpc) is 2.84. The van der Waals surface area contributed by atoms with Crippen molar-refractivity contribution >= 4 is 23.1 Å². The molecule has 21 heavy (non-hydrogen) atoms. The van der Waals surface area contributed by atoms with Crippen LogP contribution in [0.3, 0.4) is 0 Å². The van der Waals surface area contributed by atoms with Crippen LogP contribution in [0.4, 0.5) is 5.82 Å². The Bertz CT molecular complexity index is 610. The van der Waals surface area contributed by atoms with Crippen LogP contribution >= 0.6 is 11.3 Å². The number of thiazole rings is 1. The van der Waals surface area contributed by atoms with Crippen LogP contribution in [0.1, 0.15) is 34.9 Å². The van der Waals surface area contributed by atoms with Crippen LogP contribution in [0, 0.1) is 6.92 Å². The van der Waals surface area contributed by atoms with Crippen molar-refractivity contribution in [2.45, 2.75) is 33.2 Å². The standard InChI is InChI=1S/C15H19N3O2S/c1-10(2)17-14-6-4-5-12(18-14)15(19)20-8-7-13-11(3)16-9-21-13/h4-6,9-10H,7-8H2,1-3H3,(H,17,18). The first kappa shape index (κ1) is 15.4. The van der Waals surface area contributed by atoms with E-state index in [0.717, 1.165) is 10.6 Å². The van der Waals surface area contributed by atoms with Crippen molar-refractivity contribution in [2.24, 2.45) is 0 Å². The summed E-state index contributed by atoms with van der Waals surface area (Å²) in [5.74, 6) is 0.280. The molecular weight excluding hydrogens is 286 g/mol. The highest BCUT2D eigenvalue weighted by Crippen LogP contribution is 2.13. The van der Waals surface area contributed by atoms with Crippen molar-refractivity contribution in [1.82, 2.24) is 9.97 Å². The van der Waals surface area contributed by atoms with Crippen LogP contribution in [0.25, 0.3) is 0 Å². The summed E-state index contributed by atoms with van der Waals surface area (Å²) in [6.07, 6.45) is 0.687. The molecule has 2 aromatic rings. The van der Waals surface area contributed by atoms with Gasteiger partial charge in [-0.25, -0.2) is 14.8 Å². The quantitative estimate of drug-likeness (QED) is 0.831. The molecule has 0 atom stereocenters. The fraction of sp³-hybridized carbons (Fsp3) is 0.400. The zero-order valence-electron chi connectivity index (χ0n) is 12.4. The van der Waals surface area contributed by atoms with Gasteiger partial charge in [0.2, 0.25) is 0 Å². The normalized spacial score (nSPS) is 10.7. The summed E-state index contributed by atoms with van der Waals surface area (Å²) in [5.41, 5.74) is 3.12. The summed E-state index contributed by atoms with van der Waals surface area (Å²) in [6, 6.07) is 5.54. The molecular formula is C15H19N3O2S. The van der Waals surface area contributed by atoms with Gasteiger partial charge in [0, 0.05) is 17.3 Å². The number of esters is 1. The highest BCUT2D eigenvalue weighted by molar-refractivity contribution is 7.09. The maximum absolute atomic E-state index is 12.0. The fourth-order valence-electron chi connectivity index (χ4n) is 1.80. The van der Waals surface area contributed by atoms with E-state index in [1.54, 1.807) is 29.0 Å². The number of pyridine rings is 1. The lowest BCUT2D eigenvalue weighted by molar-refractivity contribution is 0.0503. The third-order valence-corrected chi connectivity index (χ3v) is 3.80. The Kier molecular flexibility index (Phi) is 5.27. The predicted octanol–water partition coefficient (Wildman–Crippen LogP) is 3.07. The van der Waals surface area contributed by atoms with Crippen molar-refractivity contribution in [3.05, 3.63) is 40.0 Å². The number of aromatic nitrogens is 2. The SMILES string of the molecule is Cc1ncsc1CCOC(=O)c1cccc(NC(C)C)n1. The number of rotatable bonds is 6. The number of carbonyl (C=O) groups excluding carboxylic acids is 1. The molecule has 0 spiro atoms. The number of nitrogens with one attached hydrogen (secondary N) is 1. The number of ether oxygens (including phenoxy) is 1. The second-order valence-electron chi connectivity index (χ2n) is 4.95. The van der Waals surface area contributed by atoms with E-state index in [9.17, 15) is 4.79 Å². The molecule has 0 saturated heterocycles. The zero-order valence-corrected chi connectivity index (χ0v) is 13.2. The van der Waals surface area contributed by atoms with Gasteiger partial charge in [0.1, 0.15) is 5.82 Å². The molecule has 112 valence electrons. The van der Waals surface area contributed by atoms with Crippen molar-refractivity contribution < 1.29 is 9.53 Å². The Morgan fingerprint density at radius 3 is 2.90 bits per heavy atom. The van der Waals surface area contributed by atoms with Crippen LogP contribution < -0.4 is 5.32 Å². The van der Waals surface area contributed by atoms with Gasteiger partial charge in [-0.3, -0.25) is 0 Å². The summed E-state index contributed by atoms with van der Waals surface area (Å²) in [4.78, 5) is 21.5. The molecule has 0 unspecified atom stereocenters. The molecule has 0 radical (unpaired) electrons. The summed E-state index contributed by atoms with van der Waals surface area (Å²) in [5, 5.41) is 3.16. The first-order chi connectivity index (χ1) is 10.1. The number of hydrogen-bond acceptors (Lipinski definition) is 6. The summed E-state index contributed by atoms with van der Waals surface area (Å²) in [6.45, 7) is 6.33. The molecule has 1 N–H and O–H groups in total. The minimum atomic E-state index is -0.399. The molecule has 5 nitrogen and oxygen atoms in total. The van der Waals surface area contributed by atoms with Crippen molar-refractivity contribution in [2.75, 3.05) is 11.9 Å². The lowest BCUT2D eigenvalue weighted by Crippen LogP contribution is -2.14. The van der Waals surface area contributed by atoms with E-state index in [2.05, 4.69) is 15.3 Å². The Labute approximate surface area is 128 Å². The summed E-state index contributed by atoms with van der Waals surface area (Å²) in [7, 11) is 0. The third kappa shape index (κ3) is 4.53. The Morgan fingerprint density at radius 1 is 1.43 bits per heavy atom. The first-order valence-electron chi connectivity index (χ1n) is 6.86. The van der Waals surface area contributed by atoms with Gasteiger partial charge in [-0.1, -0.05) is 6.07 Å². The predicted molar refractivity (Wildman–Crippen MR) is 83.8 cm³/mol. The molecule has 2 aromatic heterocycles. The zero-order chi connectivity index (χ0) is 15.2. The van der Waals surface area contributed by atoms with E-state index in [1.807, 2.05) is 26.8 Å². The lowest BCUT2D eigenvalue weighted by atomic mass is 10.3. The van der Waals surface area contributed by atoms with Gasteiger partial charge in [-0.05, 0) is 32.9 Å². The Morgan fingerprint density at radius 2 is 2.24 bits per heavy atom. The molecule has 6 heteroatoms. The summed E-state index contributed by atoms with van der Waals surface area (Å²) < 4.78 is 5.27. The van der Waals surface area contributed by atoms with E-state index >= 15 is 0 Å². The number of carbonyl (C=O) groups is 1. The number of hydrogen-bond donors (Lipinski definition) is 1. The smallest absolute Gasteiger partial charge is 0.357 e. The second kappa shape index (κ2) is 7.17. The van der Waals surface area contributed by atoms with E-state index in [-0.39, 0.29) is 6.04 Å². The van der Waals surface area contributed by atoms with Crippen molar-refractivity contribution in [3.8, 4) is 0 Å². The van der Waals surface area contributed by atoms with Crippen LogP contribution in [-0.2, 0) is 11.2 Å². The average molecular weight is 305 g/mol. The van der Waals surface area contributed by atoms with Crippen LogP contribution in [-0.4, -0.2) is 28.6 Å². The molecule has 0 amide bonds. The van der Waals surface area contributed by atoms with E-state index < -0.39 is 5.97 Å². The Hall–Kier alpha value is -1.95. The molecule has 0 bridgehead atoms. The first-order valence-corrected chi connectivity index (χ1v) is 7.74. The van der Waals surface area contributed by atoms with Gasteiger partial charge in [0.05, 0.1) is 17.8 Å². The fourth-order valence-corrected chi connectivity index (χ4v) is 2.56. The van der Waals surface area contributed by atoms with E-state index in [1.165, 1.54) is 0 Å². The van der Waals surface area contributed by atoms with E-state index in [4.69, 9.17) is 4.74 Å². The highest BCUT2D eigenvalue weighted by Gasteiger charge is 2.10. The van der Waals surface area contributed by atoms with Gasteiger partial charge in [0.15, 0.2) is 5.69 Å². The van der Waals surface area contributed by atoms with Gasteiger partial charge in [-0.2, -0.15) is 0 Å². The van der Waals surface area contributed by atoms with Gasteiger partial charge >= 0.3 is 5.97 Å². The largest absolute Gasteiger partial charge is 0.461 e. The van der Waals surface area contributed by atoms with Crippen LogP contribution in [0.15, 0.2) is 23.7 Å². The minimum Gasteiger partial charge on any atom is -0.461 e. The van der Waals surface area contributed by atoms with E-state index in [0.29, 0.717) is 24.5 Å². The highest BCUT2D eigenvalue weighted by atomic mass is 32.1. The number of aryl methyl sites for hydroxylation is 1. The monoisotopic (exact) mass is 305 g/mol. The van der Waals surface area contributed by atoms with Gasteiger partial charge in [-0.15, -0.1) is 11.3 Å². The second-order valence-corrected chi connectivity index (χ2v) is 5.89. The molecule has 0 saturated carbocycles. The van der Waals surface area contributed by atoms with Crippen molar-refractivity contribution in [1.29, 1.82) is 0 Å². The minimum absolute atomic E-state index is 0.262. The van der Waals surface area contributed by atoms with Gasteiger partial charge < -0.3 is 10.1 Å². The van der Waals surface area contributed by atoms with Crippen molar-refractivity contribution in [3.63, 3.8) is 0 Å². The third-order valence-electron chi connectivity index (χ3n) is 2.80. The molecule has 2 heterocycles. The molecule has 0 aliphatic rings. The van der Waals surface area contributed by atoms with Gasteiger partial charge in [0.25, 0.3) is 0 Å². The van der Waals surface area contributed by atoms with Crippen LogP contribution in [0.5, 0.6) is 0 Å². The molecule has 0 aromatic carbocycles. The molecule has 2 rings (SSSR count). The summed E-state index contributed by atoms with van der Waals surface area (Å²) >= 11 is 1.58. The topological polar surface area (TPSA) is 64.1 Å². The maximum atomic E-state index is 12.0. The molecule has 0 fully saturated rings. The number of anilines is 1.